The molecule has 1 unspecified atom stereocenters. The highest BCUT2D eigenvalue weighted by Crippen LogP contribution is 2.19. The second-order valence-electron chi connectivity index (χ2n) is 5.87. The lowest BCUT2D eigenvalue weighted by Crippen LogP contribution is -2.38. The molecule has 144 valence electrons. The number of ether oxygens (including phenoxy) is 1. The predicted octanol–water partition coefficient (Wildman–Crippen LogP) is 2.18. The zero-order chi connectivity index (χ0) is 18.2. The fourth-order valence-corrected chi connectivity index (χ4v) is 2.50. The second-order valence-corrected chi connectivity index (χ2v) is 5.87. The molecule has 0 aliphatic rings. The number of halogens is 1. The summed E-state index contributed by atoms with van der Waals surface area (Å²) in [6.45, 7) is 3.74. The lowest BCUT2D eigenvalue weighted by atomic mass is 10.1. The van der Waals surface area contributed by atoms with Gasteiger partial charge in [-0.15, -0.1) is 24.0 Å². The Morgan fingerprint density at radius 1 is 1.46 bits per heavy atom. The molecule has 26 heavy (non-hydrogen) atoms. The Bertz CT molecular complexity index is 704. The van der Waals surface area contributed by atoms with E-state index >= 15 is 0 Å². The number of aryl methyl sites for hydroxylation is 1. The van der Waals surface area contributed by atoms with Crippen LogP contribution >= 0.6 is 24.0 Å². The number of nitrogens with one attached hydrogen (secondary N) is 1. The number of methoxy groups -OCH3 is 1. The van der Waals surface area contributed by atoms with E-state index < -0.39 is 6.10 Å². The maximum absolute atomic E-state index is 10.4. The molecule has 2 rings (SSSR count). The second kappa shape index (κ2) is 11.0. The minimum absolute atomic E-state index is 0. The van der Waals surface area contributed by atoms with E-state index in [0.717, 1.165) is 29.4 Å². The Labute approximate surface area is 172 Å². The number of guanidine groups is 1. The van der Waals surface area contributed by atoms with E-state index in [1.165, 1.54) is 0 Å². The minimum atomic E-state index is -0.685. The highest BCUT2D eigenvalue weighted by molar-refractivity contribution is 14.0. The van der Waals surface area contributed by atoms with Gasteiger partial charge in [-0.3, -0.25) is 9.67 Å². The summed E-state index contributed by atoms with van der Waals surface area (Å²) < 4.78 is 6.98. The van der Waals surface area contributed by atoms with Gasteiger partial charge in [-0.25, -0.2) is 0 Å². The molecular formula is C18H28IN5O2. The van der Waals surface area contributed by atoms with Gasteiger partial charge in [-0.2, -0.15) is 5.10 Å². The third-order valence-corrected chi connectivity index (χ3v) is 3.77. The molecule has 0 saturated heterocycles. The molecule has 0 saturated carbocycles. The van der Waals surface area contributed by atoms with Crippen molar-refractivity contribution in [2.24, 2.45) is 12.0 Å². The van der Waals surface area contributed by atoms with Crippen LogP contribution in [0.1, 0.15) is 24.2 Å². The van der Waals surface area contributed by atoms with E-state index in [0.29, 0.717) is 6.54 Å². The zero-order valence-corrected chi connectivity index (χ0v) is 18.0. The fourth-order valence-electron chi connectivity index (χ4n) is 2.50. The van der Waals surface area contributed by atoms with Gasteiger partial charge in [0.15, 0.2) is 5.96 Å². The van der Waals surface area contributed by atoms with Gasteiger partial charge in [0.05, 0.1) is 26.0 Å². The zero-order valence-electron chi connectivity index (χ0n) is 15.7. The van der Waals surface area contributed by atoms with Crippen LogP contribution in [0.15, 0.2) is 41.7 Å². The number of rotatable bonds is 7. The first-order valence-corrected chi connectivity index (χ1v) is 8.32. The largest absolute Gasteiger partial charge is 0.497 e. The summed E-state index contributed by atoms with van der Waals surface area (Å²) >= 11 is 0. The summed E-state index contributed by atoms with van der Waals surface area (Å²) in [7, 11) is 5.47. The van der Waals surface area contributed by atoms with Crippen LogP contribution in [0.25, 0.3) is 0 Å². The molecule has 1 heterocycles. The summed E-state index contributed by atoms with van der Waals surface area (Å²) in [6, 6.07) is 7.41. The van der Waals surface area contributed by atoms with Crippen molar-refractivity contribution in [3.05, 3.63) is 47.8 Å². The normalized spacial score (nSPS) is 12.3. The molecule has 0 fully saturated rings. The number of nitrogens with zero attached hydrogens (tertiary/aromatic N) is 4. The molecular weight excluding hydrogens is 445 g/mol. The summed E-state index contributed by atoms with van der Waals surface area (Å²) in [4.78, 5) is 6.57. The molecule has 0 spiro atoms. The third kappa shape index (κ3) is 6.49. The first kappa shape index (κ1) is 22.2. The Balaban J connectivity index is 0.00000338. The van der Waals surface area contributed by atoms with Gasteiger partial charge >= 0.3 is 0 Å². The summed E-state index contributed by atoms with van der Waals surface area (Å²) in [5.41, 5.74) is 1.89. The molecule has 0 radical (unpaired) electrons. The summed E-state index contributed by atoms with van der Waals surface area (Å²) in [5.74, 6) is 1.47. The van der Waals surface area contributed by atoms with Crippen molar-refractivity contribution in [1.82, 2.24) is 20.0 Å². The smallest absolute Gasteiger partial charge is 0.194 e. The molecule has 1 aromatic carbocycles. The highest BCUT2D eigenvalue weighted by atomic mass is 127. The first-order chi connectivity index (χ1) is 12.0. The number of hydrogen-bond donors (Lipinski definition) is 2. The van der Waals surface area contributed by atoms with E-state index in [2.05, 4.69) is 15.4 Å². The topological polar surface area (TPSA) is 74.9 Å². The van der Waals surface area contributed by atoms with E-state index in [1.807, 2.05) is 62.6 Å². The monoisotopic (exact) mass is 473 g/mol. The lowest BCUT2D eigenvalue weighted by Gasteiger charge is -2.22. The molecule has 2 aromatic rings. The van der Waals surface area contributed by atoms with Crippen molar-refractivity contribution in [2.45, 2.75) is 19.6 Å². The standard InChI is InChI=1S/C18H27N5O2.HI/c1-5-19-18(22(2)12-14-10-21-23(3)13-14)20-11-17(24)15-7-6-8-16(9-15)25-4;/h6-10,13,17,24H,5,11-12H2,1-4H3,(H,19,20);1H. The number of benzene rings is 1. The summed E-state index contributed by atoms with van der Waals surface area (Å²) in [6.07, 6.45) is 3.13. The average molecular weight is 473 g/mol. The van der Waals surface area contributed by atoms with Gasteiger partial charge in [0.1, 0.15) is 5.75 Å². The van der Waals surface area contributed by atoms with Crippen LogP contribution in [-0.2, 0) is 13.6 Å². The number of aliphatic imine (C=N–C) groups is 1. The Morgan fingerprint density at radius 2 is 2.23 bits per heavy atom. The van der Waals surface area contributed by atoms with Crippen molar-refractivity contribution in [3.63, 3.8) is 0 Å². The highest BCUT2D eigenvalue weighted by Gasteiger charge is 2.11. The molecule has 0 amide bonds. The van der Waals surface area contributed by atoms with Crippen molar-refractivity contribution in [1.29, 1.82) is 0 Å². The quantitative estimate of drug-likeness (QED) is 0.367. The first-order valence-electron chi connectivity index (χ1n) is 8.32. The van der Waals surface area contributed by atoms with Crippen LogP contribution in [0.2, 0.25) is 0 Å². The van der Waals surface area contributed by atoms with E-state index in [4.69, 9.17) is 4.74 Å². The van der Waals surface area contributed by atoms with Gasteiger partial charge in [-0.05, 0) is 24.6 Å². The predicted molar refractivity (Wildman–Crippen MR) is 114 cm³/mol. The van der Waals surface area contributed by atoms with Crippen LogP contribution in [0.5, 0.6) is 5.75 Å². The summed E-state index contributed by atoms with van der Waals surface area (Å²) in [5, 5.41) is 17.8. The minimum Gasteiger partial charge on any atom is -0.497 e. The van der Waals surface area contributed by atoms with Gasteiger partial charge in [0.25, 0.3) is 0 Å². The molecule has 0 aliphatic heterocycles. The van der Waals surface area contributed by atoms with E-state index in [-0.39, 0.29) is 30.5 Å². The molecule has 1 aromatic heterocycles. The van der Waals surface area contributed by atoms with Gasteiger partial charge in [-0.1, -0.05) is 12.1 Å². The third-order valence-electron chi connectivity index (χ3n) is 3.77. The Hall–Kier alpha value is -1.81. The number of aliphatic hydroxyl groups is 1. The fraction of sp³-hybridized carbons (Fsp3) is 0.444. The maximum atomic E-state index is 10.4. The van der Waals surface area contributed by atoms with Crippen molar-refractivity contribution >= 4 is 29.9 Å². The van der Waals surface area contributed by atoms with Crippen molar-refractivity contribution in [2.75, 3.05) is 27.2 Å². The van der Waals surface area contributed by atoms with Crippen molar-refractivity contribution in [3.8, 4) is 5.75 Å². The van der Waals surface area contributed by atoms with Crippen LogP contribution in [-0.4, -0.2) is 53.0 Å². The van der Waals surface area contributed by atoms with E-state index in [9.17, 15) is 5.11 Å². The van der Waals surface area contributed by atoms with Gasteiger partial charge < -0.3 is 20.1 Å². The Kier molecular flexibility index (Phi) is 9.42. The maximum Gasteiger partial charge on any atom is 0.194 e. The van der Waals surface area contributed by atoms with Crippen molar-refractivity contribution < 1.29 is 9.84 Å². The average Bonchev–Trinajstić information content (AvgIpc) is 3.03. The Morgan fingerprint density at radius 3 is 2.85 bits per heavy atom. The SMILES string of the molecule is CCNC(=NCC(O)c1cccc(OC)c1)N(C)Cc1cnn(C)c1.I. The molecule has 7 nitrogen and oxygen atoms in total. The number of aromatic nitrogens is 2. The molecule has 0 bridgehead atoms. The van der Waals surface area contributed by atoms with Crippen LogP contribution in [0.4, 0.5) is 0 Å². The number of hydrogen-bond acceptors (Lipinski definition) is 4. The lowest BCUT2D eigenvalue weighted by molar-refractivity contribution is 0.186. The van der Waals surface area contributed by atoms with Crippen LogP contribution in [0.3, 0.4) is 0 Å². The van der Waals surface area contributed by atoms with Crippen LogP contribution < -0.4 is 10.1 Å². The number of aliphatic hydroxyl groups excluding tert-OH is 1. The van der Waals surface area contributed by atoms with Gasteiger partial charge in [0, 0.05) is 38.9 Å². The molecule has 1 atom stereocenters. The molecule has 0 aliphatic carbocycles. The van der Waals surface area contributed by atoms with E-state index in [1.54, 1.807) is 11.8 Å². The van der Waals surface area contributed by atoms with Crippen LogP contribution in [0, 0.1) is 0 Å². The molecule has 2 N–H and O–H groups in total. The van der Waals surface area contributed by atoms with Gasteiger partial charge in [0.2, 0.25) is 0 Å². The molecule has 8 heteroatoms.